The summed E-state index contributed by atoms with van der Waals surface area (Å²) in [5.41, 5.74) is 10.4. The van der Waals surface area contributed by atoms with Crippen LogP contribution in [0.1, 0.15) is 5.56 Å². The lowest BCUT2D eigenvalue weighted by Crippen LogP contribution is -1.99. The van der Waals surface area contributed by atoms with Crippen LogP contribution in [0.2, 0.25) is 0 Å². The molecule has 0 saturated carbocycles. The Hall–Kier alpha value is -2.52. The van der Waals surface area contributed by atoms with E-state index < -0.39 is 0 Å². The van der Waals surface area contributed by atoms with Crippen molar-refractivity contribution >= 4 is 0 Å². The third kappa shape index (κ3) is 2.44. The molecule has 0 aliphatic rings. The number of rotatable bonds is 3. The molecule has 0 saturated heterocycles. The SMILES string of the molecule is NCc1ccccc1-c1c[c]cc(-c2[c]ccnc2)n1. The molecule has 2 aromatic heterocycles. The molecule has 0 aliphatic carbocycles. The Bertz CT molecular complexity index is 708. The fourth-order valence-electron chi connectivity index (χ4n) is 2.08. The van der Waals surface area contributed by atoms with E-state index in [0.29, 0.717) is 6.54 Å². The molecule has 3 nitrogen and oxygen atoms in total. The van der Waals surface area contributed by atoms with Crippen molar-refractivity contribution in [3.8, 4) is 22.5 Å². The molecule has 96 valence electrons. The van der Waals surface area contributed by atoms with Gasteiger partial charge in [-0.1, -0.05) is 24.3 Å². The maximum absolute atomic E-state index is 5.78. The zero-order valence-corrected chi connectivity index (χ0v) is 10.9. The Kier molecular flexibility index (Phi) is 3.52. The van der Waals surface area contributed by atoms with E-state index in [1.807, 2.05) is 36.4 Å². The quantitative estimate of drug-likeness (QED) is 0.787. The first-order valence-electron chi connectivity index (χ1n) is 6.37. The molecule has 20 heavy (non-hydrogen) atoms. The molecule has 1 aromatic carbocycles. The summed E-state index contributed by atoms with van der Waals surface area (Å²) in [6.45, 7) is 0.487. The molecule has 3 aromatic rings. The van der Waals surface area contributed by atoms with Crippen LogP contribution in [0.15, 0.2) is 54.9 Å². The van der Waals surface area contributed by atoms with E-state index in [1.54, 1.807) is 18.5 Å². The van der Waals surface area contributed by atoms with E-state index >= 15 is 0 Å². The molecular weight excluding hydrogens is 246 g/mol. The minimum absolute atomic E-state index is 0.487. The summed E-state index contributed by atoms with van der Waals surface area (Å²) in [5, 5.41) is 0. The van der Waals surface area contributed by atoms with Crippen molar-refractivity contribution in [2.45, 2.75) is 6.54 Å². The molecule has 2 radical (unpaired) electrons. The average molecular weight is 259 g/mol. The van der Waals surface area contributed by atoms with Crippen molar-refractivity contribution in [3.05, 3.63) is 72.6 Å². The van der Waals surface area contributed by atoms with Gasteiger partial charge in [0.15, 0.2) is 0 Å². The van der Waals surface area contributed by atoms with Gasteiger partial charge in [-0.2, -0.15) is 0 Å². The molecule has 0 unspecified atom stereocenters. The zero-order chi connectivity index (χ0) is 13.8. The Balaban J connectivity index is 2.08. The Labute approximate surface area is 118 Å². The van der Waals surface area contributed by atoms with Crippen LogP contribution in [-0.2, 0) is 6.54 Å². The van der Waals surface area contributed by atoms with Gasteiger partial charge >= 0.3 is 0 Å². The minimum atomic E-state index is 0.487. The van der Waals surface area contributed by atoms with Gasteiger partial charge < -0.3 is 5.73 Å². The van der Waals surface area contributed by atoms with Gasteiger partial charge in [-0.05, 0) is 35.9 Å². The first-order valence-corrected chi connectivity index (χ1v) is 6.37. The number of hydrogen-bond acceptors (Lipinski definition) is 3. The van der Waals surface area contributed by atoms with Crippen molar-refractivity contribution < 1.29 is 0 Å². The molecule has 0 atom stereocenters. The highest BCUT2D eigenvalue weighted by molar-refractivity contribution is 5.67. The maximum Gasteiger partial charge on any atom is 0.0737 e. The molecule has 3 rings (SSSR count). The van der Waals surface area contributed by atoms with Crippen molar-refractivity contribution in [2.75, 3.05) is 0 Å². The number of hydrogen-bond donors (Lipinski definition) is 1. The third-order valence-electron chi connectivity index (χ3n) is 3.07. The van der Waals surface area contributed by atoms with Crippen molar-refractivity contribution in [1.29, 1.82) is 0 Å². The second kappa shape index (κ2) is 5.63. The highest BCUT2D eigenvalue weighted by Crippen LogP contribution is 2.24. The van der Waals surface area contributed by atoms with Crippen LogP contribution in [0.4, 0.5) is 0 Å². The number of benzene rings is 1. The number of nitrogens with zero attached hydrogens (tertiary/aromatic N) is 2. The lowest BCUT2D eigenvalue weighted by molar-refractivity contribution is 1.07. The zero-order valence-electron chi connectivity index (χ0n) is 10.9. The van der Waals surface area contributed by atoms with E-state index in [4.69, 9.17) is 5.73 Å². The van der Waals surface area contributed by atoms with Crippen LogP contribution in [0.3, 0.4) is 0 Å². The van der Waals surface area contributed by atoms with Crippen LogP contribution >= 0.6 is 0 Å². The second-order valence-electron chi connectivity index (χ2n) is 4.35. The molecule has 3 heteroatoms. The lowest BCUT2D eigenvalue weighted by Gasteiger charge is -2.08. The van der Waals surface area contributed by atoms with Crippen LogP contribution < -0.4 is 5.73 Å². The highest BCUT2D eigenvalue weighted by Gasteiger charge is 2.06. The van der Waals surface area contributed by atoms with Crippen LogP contribution in [0, 0.1) is 12.1 Å². The Morgan fingerprint density at radius 3 is 2.75 bits per heavy atom. The number of pyridine rings is 2. The monoisotopic (exact) mass is 259 g/mol. The second-order valence-corrected chi connectivity index (χ2v) is 4.35. The molecule has 0 amide bonds. The van der Waals surface area contributed by atoms with Crippen LogP contribution in [0.5, 0.6) is 0 Å². The molecular formula is C17H13N3. The smallest absolute Gasteiger partial charge is 0.0737 e. The standard InChI is InChI=1S/C17H13N3/c18-11-13-5-1-2-7-15(13)17-9-3-8-16(20-17)14-6-4-10-19-12-14/h1-2,4-5,7-10,12H,11,18H2. The fourth-order valence-corrected chi connectivity index (χ4v) is 2.08. The van der Waals surface area contributed by atoms with Crippen molar-refractivity contribution in [3.63, 3.8) is 0 Å². The van der Waals surface area contributed by atoms with Gasteiger partial charge in [-0.3, -0.25) is 4.98 Å². The van der Waals surface area contributed by atoms with Gasteiger partial charge in [0.25, 0.3) is 0 Å². The predicted octanol–water partition coefficient (Wildman–Crippen LogP) is 2.87. The summed E-state index contributed by atoms with van der Waals surface area (Å²) in [4.78, 5) is 8.76. The summed E-state index contributed by atoms with van der Waals surface area (Å²) >= 11 is 0. The van der Waals surface area contributed by atoms with Crippen molar-refractivity contribution in [2.24, 2.45) is 5.73 Å². The summed E-state index contributed by atoms with van der Waals surface area (Å²) in [7, 11) is 0. The summed E-state index contributed by atoms with van der Waals surface area (Å²) < 4.78 is 0. The van der Waals surface area contributed by atoms with Gasteiger partial charge in [0.1, 0.15) is 0 Å². The van der Waals surface area contributed by atoms with Crippen LogP contribution in [0.25, 0.3) is 22.5 Å². The first-order chi connectivity index (χ1) is 9.88. The fraction of sp³-hybridized carbons (Fsp3) is 0.0588. The van der Waals surface area contributed by atoms with Gasteiger partial charge in [0, 0.05) is 30.1 Å². The van der Waals surface area contributed by atoms with Crippen molar-refractivity contribution in [1.82, 2.24) is 9.97 Å². The molecule has 0 fully saturated rings. The molecule has 2 heterocycles. The minimum Gasteiger partial charge on any atom is -0.326 e. The Morgan fingerprint density at radius 2 is 1.95 bits per heavy atom. The summed E-state index contributed by atoms with van der Waals surface area (Å²) in [5.74, 6) is 0. The van der Waals surface area contributed by atoms with E-state index in [0.717, 1.165) is 28.1 Å². The van der Waals surface area contributed by atoms with Gasteiger partial charge in [0.2, 0.25) is 0 Å². The highest BCUT2D eigenvalue weighted by atomic mass is 14.7. The van der Waals surface area contributed by atoms with E-state index in [-0.39, 0.29) is 0 Å². The predicted molar refractivity (Wildman–Crippen MR) is 78.5 cm³/mol. The third-order valence-corrected chi connectivity index (χ3v) is 3.07. The van der Waals surface area contributed by atoms with Crippen LogP contribution in [-0.4, -0.2) is 9.97 Å². The van der Waals surface area contributed by atoms with E-state index in [1.165, 1.54) is 0 Å². The number of nitrogens with two attached hydrogens (primary N) is 1. The topological polar surface area (TPSA) is 51.8 Å². The number of aromatic nitrogens is 2. The maximum atomic E-state index is 5.78. The van der Waals surface area contributed by atoms with Gasteiger partial charge in [-0.15, -0.1) is 0 Å². The molecule has 0 bridgehead atoms. The molecule has 2 N–H and O–H groups in total. The molecule has 0 aliphatic heterocycles. The van der Waals surface area contributed by atoms with E-state index in [9.17, 15) is 0 Å². The average Bonchev–Trinajstić information content (AvgIpc) is 2.56. The Morgan fingerprint density at radius 1 is 1.10 bits per heavy atom. The summed E-state index contributed by atoms with van der Waals surface area (Å²) in [6, 6.07) is 19.7. The molecule has 0 spiro atoms. The largest absolute Gasteiger partial charge is 0.326 e. The normalized spacial score (nSPS) is 10.4. The lowest BCUT2D eigenvalue weighted by atomic mass is 10.0. The van der Waals surface area contributed by atoms with Gasteiger partial charge in [-0.25, -0.2) is 4.98 Å². The van der Waals surface area contributed by atoms with Gasteiger partial charge in [0.05, 0.1) is 11.4 Å². The van der Waals surface area contributed by atoms with E-state index in [2.05, 4.69) is 22.1 Å². The summed E-state index contributed by atoms with van der Waals surface area (Å²) in [6.07, 6.45) is 3.44. The first kappa shape index (κ1) is 12.5.